The van der Waals surface area contributed by atoms with Gasteiger partial charge in [0.05, 0.1) is 0 Å². The summed E-state index contributed by atoms with van der Waals surface area (Å²) in [6, 6.07) is 18.1. The molecule has 2 nitrogen and oxygen atoms in total. The van der Waals surface area contributed by atoms with Crippen molar-refractivity contribution in [1.29, 1.82) is 0 Å². The zero-order valence-corrected chi connectivity index (χ0v) is 30.3. The summed E-state index contributed by atoms with van der Waals surface area (Å²) in [6.45, 7) is 9.10. The van der Waals surface area contributed by atoms with Gasteiger partial charge in [0.2, 0.25) is 11.4 Å². The van der Waals surface area contributed by atoms with E-state index in [1.54, 1.807) is 4.70 Å². The standard InChI is InChI=1S/C39H58N2.2CH3.Ni/c1-5-9-13-14-15-19-29-37-36(28-18-12-8-4)38(34-26-20-24-32(30-34)22-16-10-6-2)41(40)39(37)35-27-21-25-33(31-35)23-17-11-7-3;;;/h20-21,24-27,30-31H,5-19,22-23,28-29H2,1-4H3;2*1H3;/q;2*-1;+2. The van der Waals surface area contributed by atoms with E-state index in [4.69, 9.17) is 0 Å². The van der Waals surface area contributed by atoms with Crippen molar-refractivity contribution in [3.8, 4) is 0 Å². The van der Waals surface area contributed by atoms with Gasteiger partial charge < -0.3 is 20.4 Å². The molecule has 0 aromatic heterocycles. The van der Waals surface area contributed by atoms with Crippen LogP contribution in [0, 0.1) is 14.9 Å². The number of benzene rings is 2. The number of aryl methyl sites for hydroxylation is 2. The first kappa shape index (κ1) is 42.0. The molecule has 0 atom stereocenters. The molecular formula is C41H64N2Ni. The molecule has 0 aliphatic carbocycles. The monoisotopic (exact) mass is 642 g/mol. The van der Waals surface area contributed by atoms with E-state index in [1.807, 2.05) is 0 Å². The van der Waals surface area contributed by atoms with Crippen molar-refractivity contribution in [3.05, 3.63) is 102 Å². The molecule has 0 radical (unpaired) electrons. The van der Waals surface area contributed by atoms with E-state index < -0.39 is 0 Å². The number of hydrogen-bond acceptors (Lipinski definition) is 0. The predicted octanol–water partition coefficient (Wildman–Crippen LogP) is 13.6. The molecule has 2 aromatic rings. The minimum Gasteiger partial charge on any atom is -0.493 e. The van der Waals surface area contributed by atoms with E-state index >= 15 is 0 Å². The summed E-state index contributed by atoms with van der Waals surface area (Å²) in [5.41, 5.74) is 22.0. The fourth-order valence-corrected chi connectivity index (χ4v) is 6.33. The Bertz CT molecular complexity index is 1140. The van der Waals surface area contributed by atoms with Crippen molar-refractivity contribution in [2.75, 3.05) is 0 Å². The quantitative estimate of drug-likeness (QED) is 0.0560. The van der Waals surface area contributed by atoms with Crippen molar-refractivity contribution in [3.63, 3.8) is 0 Å². The van der Waals surface area contributed by atoms with Crippen LogP contribution in [-0.4, -0.2) is 4.70 Å². The molecule has 0 unspecified atom stereocenters. The topological polar surface area (TPSA) is 25.3 Å². The van der Waals surface area contributed by atoms with Gasteiger partial charge in [-0.1, -0.05) is 123 Å². The molecule has 44 heavy (non-hydrogen) atoms. The van der Waals surface area contributed by atoms with E-state index in [9.17, 15) is 5.53 Å². The molecule has 248 valence electrons. The van der Waals surface area contributed by atoms with Gasteiger partial charge in [-0.05, 0) is 86.8 Å². The van der Waals surface area contributed by atoms with Gasteiger partial charge in [0.1, 0.15) is 0 Å². The molecule has 0 saturated carbocycles. The van der Waals surface area contributed by atoms with E-state index in [2.05, 4.69) is 76.2 Å². The van der Waals surface area contributed by atoms with Crippen molar-refractivity contribution in [2.45, 2.75) is 150 Å². The third-order valence-electron chi connectivity index (χ3n) is 8.71. The second-order valence-electron chi connectivity index (χ2n) is 12.3. The maximum absolute atomic E-state index is 12.1. The summed E-state index contributed by atoms with van der Waals surface area (Å²) in [4.78, 5) is 0. The largest absolute Gasteiger partial charge is 2.00 e. The first-order valence-corrected chi connectivity index (χ1v) is 17.3. The second-order valence-corrected chi connectivity index (χ2v) is 12.3. The summed E-state index contributed by atoms with van der Waals surface area (Å²) in [5.74, 6) is 0. The summed E-state index contributed by atoms with van der Waals surface area (Å²) in [6.07, 6.45) is 23.1. The molecule has 0 spiro atoms. The minimum atomic E-state index is 0. The van der Waals surface area contributed by atoms with Gasteiger partial charge in [0.15, 0.2) is 0 Å². The van der Waals surface area contributed by atoms with Crippen LogP contribution in [0.3, 0.4) is 0 Å². The second kappa shape index (κ2) is 24.3. The number of allylic oxidation sites excluding steroid dienone is 2. The van der Waals surface area contributed by atoms with Crippen LogP contribution in [0.5, 0.6) is 0 Å². The van der Waals surface area contributed by atoms with Crippen molar-refractivity contribution >= 4 is 11.4 Å². The zero-order valence-electron chi connectivity index (χ0n) is 29.3. The molecule has 1 heterocycles. The van der Waals surface area contributed by atoms with E-state index in [1.165, 1.54) is 130 Å². The molecule has 1 aliphatic heterocycles. The minimum absolute atomic E-state index is 0. The van der Waals surface area contributed by atoms with Gasteiger partial charge in [0.25, 0.3) is 0 Å². The summed E-state index contributed by atoms with van der Waals surface area (Å²) >= 11 is 0. The van der Waals surface area contributed by atoms with E-state index in [0.717, 1.165) is 37.1 Å². The number of nitrogens with zero attached hydrogens (tertiary/aromatic N) is 2. The fourth-order valence-electron chi connectivity index (χ4n) is 6.33. The molecule has 0 saturated heterocycles. The Morgan fingerprint density at radius 3 is 1.25 bits per heavy atom. The van der Waals surface area contributed by atoms with Gasteiger partial charge in [0, 0.05) is 22.3 Å². The number of rotatable bonds is 21. The summed E-state index contributed by atoms with van der Waals surface area (Å²) in [7, 11) is 0. The maximum Gasteiger partial charge on any atom is 2.00 e. The average Bonchev–Trinajstić information content (AvgIpc) is 3.26. The molecule has 0 bridgehead atoms. The normalized spacial score (nSPS) is 12.7. The fraction of sp³-hybridized carbons (Fsp3) is 0.561. The van der Waals surface area contributed by atoms with Gasteiger partial charge in [-0.25, -0.2) is 4.70 Å². The first-order valence-electron chi connectivity index (χ1n) is 17.3. The van der Waals surface area contributed by atoms with Crippen LogP contribution < -0.4 is 0 Å². The van der Waals surface area contributed by atoms with Crippen LogP contribution in [0.25, 0.3) is 16.9 Å². The molecule has 3 heteroatoms. The first-order chi connectivity index (χ1) is 20.1. The van der Waals surface area contributed by atoms with Crippen LogP contribution in [0.4, 0.5) is 0 Å². The Labute approximate surface area is 283 Å². The summed E-state index contributed by atoms with van der Waals surface area (Å²) < 4.78 is 1.59. The SMILES string of the molecule is CCCCCCCCC1=C(c2cccc(CCCCC)c2)[N+](=[N-])C(c2cccc(CCCCC)c2)=C1CCCCC.[CH3-].[CH3-].[Ni+2]. The molecule has 1 aliphatic rings. The Kier molecular flexibility index (Phi) is 23.2. The van der Waals surface area contributed by atoms with E-state index in [-0.39, 0.29) is 31.3 Å². The third kappa shape index (κ3) is 12.8. The van der Waals surface area contributed by atoms with Crippen LogP contribution in [0.2, 0.25) is 0 Å². The van der Waals surface area contributed by atoms with Gasteiger partial charge in [-0.15, -0.1) is 0 Å². The summed E-state index contributed by atoms with van der Waals surface area (Å²) in [5, 5.41) is 0. The van der Waals surface area contributed by atoms with Gasteiger partial charge >= 0.3 is 16.5 Å². The van der Waals surface area contributed by atoms with Crippen LogP contribution in [-0.2, 0) is 29.3 Å². The smallest absolute Gasteiger partial charge is 0.493 e. The maximum atomic E-state index is 12.1. The average molecular weight is 644 g/mol. The Morgan fingerprint density at radius 2 is 0.818 bits per heavy atom. The van der Waals surface area contributed by atoms with Crippen LogP contribution in [0.15, 0.2) is 59.7 Å². The Morgan fingerprint density at radius 1 is 0.477 bits per heavy atom. The van der Waals surface area contributed by atoms with Crippen molar-refractivity contribution in [1.82, 2.24) is 0 Å². The Hall–Kier alpha value is -1.99. The molecule has 0 fully saturated rings. The molecule has 0 N–H and O–H groups in total. The van der Waals surface area contributed by atoms with Gasteiger partial charge in [-0.3, -0.25) is 0 Å². The Balaban J connectivity index is 0.00000616. The van der Waals surface area contributed by atoms with Crippen molar-refractivity contribution in [2.24, 2.45) is 0 Å². The van der Waals surface area contributed by atoms with Gasteiger partial charge in [-0.2, -0.15) is 0 Å². The van der Waals surface area contributed by atoms with E-state index in [0.29, 0.717) is 0 Å². The predicted molar refractivity (Wildman–Crippen MR) is 192 cm³/mol. The number of hydrogen-bond donors (Lipinski definition) is 0. The zero-order chi connectivity index (χ0) is 29.3. The molecular weight excluding hydrogens is 579 g/mol. The molecule has 3 rings (SSSR count). The third-order valence-corrected chi connectivity index (χ3v) is 8.71. The van der Waals surface area contributed by atoms with Crippen LogP contribution in [0.1, 0.15) is 159 Å². The van der Waals surface area contributed by atoms with Crippen molar-refractivity contribution < 1.29 is 21.2 Å². The molecule has 2 aromatic carbocycles. The number of unbranched alkanes of at least 4 members (excludes halogenated alkanes) is 11. The van der Waals surface area contributed by atoms with Crippen LogP contribution >= 0.6 is 0 Å². The molecule has 0 amide bonds.